The summed E-state index contributed by atoms with van der Waals surface area (Å²) < 4.78 is 29.6. The number of fused-ring (bicyclic) bond motifs is 2. The largest absolute Gasteiger partial charge is 0.296 e. The van der Waals surface area contributed by atoms with Gasteiger partial charge < -0.3 is 0 Å². The molecule has 1 aromatic carbocycles. The molecule has 3 heterocycles. The standard InChI is InChI=1S/C21H19F2N3O/c1-14-13-26-19(9-10-21(14,22)23)25-18-12-15(6-8-17(18)20(26)27)5-7-16-4-2-3-11-24-16/h2-8,11-12,14H,9-10,13H2,1H3/b7-5+. The van der Waals surface area contributed by atoms with E-state index in [4.69, 9.17) is 0 Å². The molecule has 1 aliphatic heterocycles. The van der Waals surface area contributed by atoms with Gasteiger partial charge in [-0.2, -0.15) is 0 Å². The van der Waals surface area contributed by atoms with Crippen LogP contribution < -0.4 is 5.56 Å². The number of hydrogen-bond acceptors (Lipinski definition) is 3. The van der Waals surface area contributed by atoms with E-state index in [0.29, 0.717) is 16.7 Å². The first-order valence-corrected chi connectivity index (χ1v) is 8.94. The van der Waals surface area contributed by atoms with Crippen LogP contribution in [0.2, 0.25) is 0 Å². The van der Waals surface area contributed by atoms with Crippen LogP contribution in [0.1, 0.15) is 30.4 Å². The quantitative estimate of drug-likeness (QED) is 0.683. The Balaban J connectivity index is 1.75. The van der Waals surface area contributed by atoms with E-state index in [1.807, 2.05) is 42.5 Å². The summed E-state index contributed by atoms with van der Waals surface area (Å²) in [5, 5.41) is 0.450. The third-order valence-corrected chi connectivity index (χ3v) is 5.05. The Hall–Kier alpha value is -2.89. The highest BCUT2D eigenvalue weighted by Gasteiger charge is 2.39. The van der Waals surface area contributed by atoms with E-state index < -0.39 is 11.8 Å². The van der Waals surface area contributed by atoms with Crippen molar-refractivity contribution in [2.24, 2.45) is 5.92 Å². The molecular formula is C21H19F2N3O. The second kappa shape index (κ2) is 6.68. The Bertz CT molecular complexity index is 1070. The predicted molar refractivity (Wildman–Crippen MR) is 102 cm³/mol. The van der Waals surface area contributed by atoms with Gasteiger partial charge in [0.05, 0.1) is 16.6 Å². The molecule has 138 valence electrons. The summed E-state index contributed by atoms with van der Waals surface area (Å²) in [6.45, 7) is 1.47. The molecule has 27 heavy (non-hydrogen) atoms. The van der Waals surface area contributed by atoms with Crippen LogP contribution in [0.25, 0.3) is 23.1 Å². The highest BCUT2D eigenvalue weighted by molar-refractivity contribution is 5.82. The van der Waals surface area contributed by atoms with Crippen molar-refractivity contribution in [3.05, 3.63) is 70.0 Å². The first kappa shape index (κ1) is 17.5. The Morgan fingerprint density at radius 1 is 1.22 bits per heavy atom. The van der Waals surface area contributed by atoms with Crippen LogP contribution in [-0.4, -0.2) is 20.5 Å². The molecule has 0 saturated heterocycles. The summed E-state index contributed by atoms with van der Waals surface area (Å²) in [5.41, 5.74) is 1.98. The van der Waals surface area contributed by atoms with E-state index in [1.54, 1.807) is 12.3 Å². The molecule has 6 heteroatoms. The zero-order valence-corrected chi connectivity index (χ0v) is 14.9. The van der Waals surface area contributed by atoms with Gasteiger partial charge in [-0.25, -0.2) is 13.8 Å². The van der Waals surface area contributed by atoms with Crippen LogP contribution in [-0.2, 0) is 13.0 Å². The zero-order chi connectivity index (χ0) is 19.0. The molecule has 0 radical (unpaired) electrons. The lowest BCUT2D eigenvalue weighted by Gasteiger charge is -2.20. The summed E-state index contributed by atoms with van der Waals surface area (Å²) in [4.78, 5) is 21.6. The molecule has 0 spiro atoms. The van der Waals surface area contributed by atoms with Crippen molar-refractivity contribution in [3.63, 3.8) is 0 Å². The monoisotopic (exact) mass is 367 g/mol. The Morgan fingerprint density at radius 2 is 2.07 bits per heavy atom. The van der Waals surface area contributed by atoms with Crippen molar-refractivity contribution >= 4 is 23.1 Å². The van der Waals surface area contributed by atoms with Gasteiger partial charge in [-0.15, -0.1) is 0 Å². The Morgan fingerprint density at radius 3 is 2.85 bits per heavy atom. The summed E-state index contributed by atoms with van der Waals surface area (Å²) in [6, 6.07) is 11.0. The predicted octanol–water partition coefficient (Wildman–Crippen LogP) is 4.18. The van der Waals surface area contributed by atoms with Gasteiger partial charge in [0.2, 0.25) is 0 Å². The molecule has 0 fully saturated rings. The minimum atomic E-state index is -2.79. The second-order valence-electron chi connectivity index (χ2n) is 6.97. The topological polar surface area (TPSA) is 47.8 Å². The third-order valence-electron chi connectivity index (χ3n) is 5.05. The number of aryl methyl sites for hydroxylation is 1. The average molecular weight is 367 g/mol. The maximum absolute atomic E-state index is 14.1. The van der Waals surface area contributed by atoms with Gasteiger partial charge in [0.1, 0.15) is 5.82 Å². The average Bonchev–Trinajstić information content (AvgIpc) is 2.78. The summed E-state index contributed by atoms with van der Waals surface area (Å²) >= 11 is 0. The van der Waals surface area contributed by atoms with Crippen molar-refractivity contribution in [2.75, 3.05) is 0 Å². The molecule has 1 unspecified atom stereocenters. The lowest BCUT2D eigenvalue weighted by molar-refractivity contribution is -0.0593. The minimum Gasteiger partial charge on any atom is -0.296 e. The van der Waals surface area contributed by atoms with Crippen LogP contribution in [0.5, 0.6) is 0 Å². The SMILES string of the molecule is CC1Cn2c(nc3cc(/C=C/c4ccccn4)ccc3c2=O)CCC1(F)F. The van der Waals surface area contributed by atoms with Crippen LogP contribution in [0.3, 0.4) is 0 Å². The molecular weight excluding hydrogens is 348 g/mol. The number of benzene rings is 1. The number of alkyl halides is 2. The van der Waals surface area contributed by atoms with Crippen LogP contribution in [0, 0.1) is 5.92 Å². The number of nitrogens with zero attached hydrogens (tertiary/aromatic N) is 3. The van der Waals surface area contributed by atoms with E-state index in [2.05, 4.69) is 9.97 Å². The van der Waals surface area contributed by atoms with Crippen molar-refractivity contribution < 1.29 is 8.78 Å². The lowest BCUT2D eigenvalue weighted by atomic mass is 10.0. The Kier molecular flexibility index (Phi) is 4.34. The third kappa shape index (κ3) is 3.39. The van der Waals surface area contributed by atoms with E-state index in [9.17, 15) is 13.6 Å². The van der Waals surface area contributed by atoms with Gasteiger partial charge in [-0.1, -0.05) is 25.1 Å². The van der Waals surface area contributed by atoms with E-state index in [1.165, 1.54) is 11.5 Å². The molecule has 0 bridgehead atoms. The molecule has 0 N–H and O–H groups in total. The second-order valence-corrected chi connectivity index (χ2v) is 6.97. The zero-order valence-electron chi connectivity index (χ0n) is 14.9. The van der Waals surface area contributed by atoms with Gasteiger partial charge in [-0.05, 0) is 35.9 Å². The summed E-state index contributed by atoms with van der Waals surface area (Å²) in [6.07, 6.45) is 5.29. The van der Waals surface area contributed by atoms with E-state index in [-0.39, 0.29) is 24.9 Å². The van der Waals surface area contributed by atoms with Crippen molar-refractivity contribution in [1.29, 1.82) is 0 Å². The molecule has 1 atom stereocenters. The fourth-order valence-electron chi connectivity index (χ4n) is 3.36. The molecule has 1 aliphatic rings. The maximum Gasteiger partial charge on any atom is 0.261 e. The van der Waals surface area contributed by atoms with Gasteiger partial charge in [0.25, 0.3) is 11.5 Å². The van der Waals surface area contributed by atoms with Crippen LogP contribution in [0.15, 0.2) is 47.4 Å². The van der Waals surface area contributed by atoms with Crippen LogP contribution in [0.4, 0.5) is 8.78 Å². The van der Waals surface area contributed by atoms with Crippen LogP contribution >= 0.6 is 0 Å². The minimum absolute atomic E-state index is 0.00849. The number of halogens is 2. The molecule has 2 aromatic heterocycles. The van der Waals surface area contributed by atoms with Crippen molar-refractivity contribution in [2.45, 2.75) is 32.2 Å². The highest BCUT2D eigenvalue weighted by Crippen LogP contribution is 2.33. The summed E-state index contributed by atoms with van der Waals surface area (Å²) in [5.74, 6) is -3.25. The highest BCUT2D eigenvalue weighted by atomic mass is 19.3. The molecule has 4 rings (SSSR count). The normalized spacial score (nSPS) is 19.1. The smallest absolute Gasteiger partial charge is 0.261 e. The van der Waals surface area contributed by atoms with E-state index >= 15 is 0 Å². The molecule has 3 aromatic rings. The first-order chi connectivity index (χ1) is 12.9. The number of rotatable bonds is 2. The van der Waals surface area contributed by atoms with Gasteiger partial charge in [0, 0.05) is 31.5 Å². The van der Waals surface area contributed by atoms with Crippen molar-refractivity contribution in [3.8, 4) is 0 Å². The molecule has 4 nitrogen and oxygen atoms in total. The fraction of sp³-hybridized carbons (Fsp3) is 0.286. The van der Waals surface area contributed by atoms with Gasteiger partial charge in [-0.3, -0.25) is 14.3 Å². The van der Waals surface area contributed by atoms with E-state index in [0.717, 1.165) is 11.3 Å². The first-order valence-electron chi connectivity index (χ1n) is 8.94. The summed E-state index contributed by atoms with van der Waals surface area (Å²) in [7, 11) is 0. The maximum atomic E-state index is 14.1. The number of hydrogen-bond donors (Lipinski definition) is 0. The molecule has 0 amide bonds. The number of aromatic nitrogens is 3. The number of pyridine rings is 1. The lowest BCUT2D eigenvalue weighted by Crippen LogP contribution is -2.31. The van der Waals surface area contributed by atoms with Gasteiger partial charge in [0.15, 0.2) is 0 Å². The van der Waals surface area contributed by atoms with Crippen molar-refractivity contribution in [1.82, 2.24) is 14.5 Å². The molecule has 0 aliphatic carbocycles. The van der Waals surface area contributed by atoms with Gasteiger partial charge >= 0.3 is 0 Å². The Labute approximate surface area is 155 Å². The molecule has 0 saturated carbocycles. The fourth-order valence-corrected chi connectivity index (χ4v) is 3.36.